The van der Waals surface area contributed by atoms with Crippen molar-refractivity contribution >= 4 is 11.3 Å². The third-order valence-corrected chi connectivity index (χ3v) is 4.75. The number of aryl methyl sites for hydroxylation is 2. The van der Waals surface area contributed by atoms with Gasteiger partial charge < -0.3 is 5.32 Å². The smallest absolute Gasteiger partial charge is 0.0458 e. The molecule has 20 heavy (non-hydrogen) atoms. The first-order valence-corrected chi connectivity index (χ1v) is 8.47. The van der Waals surface area contributed by atoms with Crippen molar-refractivity contribution in [3.8, 4) is 0 Å². The van der Waals surface area contributed by atoms with E-state index in [2.05, 4.69) is 61.8 Å². The monoisotopic (exact) mass is 287 g/mol. The van der Waals surface area contributed by atoms with Crippen molar-refractivity contribution in [3.05, 3.63) is 57.3 Å². The van der Waals surface area contributed by atoms with E-state index in [1.54, 1.807) is 0 Å². The van der Waals surface area contributed by atoms with E-state index in [9.17, 15) is 0 Å². The summed E-state index contributed by atoms with van der Waals surface area (Å²) in [5.74, 6) is 0. The Kier molecular flexibility index (Phi) is 5.81. The van der Waals surface area contributed by atoms with Crippen molar-refractivity contribution in [1.29, 1.82) is 0 Å². The van der Waals surface area contributed by atoms with E-state index in [-0.39, 0.29) is 0 Å². The summed E-state index contributed by atoms with van der Waals surface area (Å²) in [4.78, 5) is 1.52. The van der Waals surface area contributed by atoms with Crippen molar-refractivity contribution in [2.75, 3.05) is 6.54 Å². The predicted molar refractivity (Wildman–Crippen MR) is 89.6 cm³/mol. The Morgan fingerprint density at radius 1 is 1.10 bits per heavy atom. The van der Waals surface area contributed by atoms with Crippen LogP contribution in [0.15, 0.2) is 35.7 Å². The molecule has 0 aliphatic carbocycles. The molecule has 0 aliphatic rings. The molecule has 1 atom stereocenters. The number of nitrogens with one attached hydrogen (secondary N) is 1. The second-order valence-corrected chi connectivity index (χ2v) is 6.31. The van der Waals surface area contributed by atoms with Crippen LogP contribution in [0.25, 0.3) is 0 Å². The van der Waals surface area contributed by atoms with Gasteiger partial charge in [0.25, 0.3) is 0 Å². The maximum absolute atomic E-state index is 3.72. The summed E-state index contributed by atoms with van der Waals surface area (Å²) in [6.45, 7) is 7.70. The molecule has 0 amide bonds. The van der Waals surface area contributed by atoms with E-state index in [1.807, 2.05) is 11.3 Å². The molecular weight excluding hydrogens is 262 g/mol. The molecule has 1 aromatic carbocycles. The molecule has 1 aromatic heterocycles. The number of hydrogen-bond acceptors (Lipinski definition) is 2. The van der Waals surface area contributed by atoms with E-state index >= 15 is 0 Å². The number of benzene rings is 1. The summed E-state index contributed by atoms with van der Waals surface area (Å²) in [5.41, 5.74) is 4.24. The summed E-state index contributed by atoms with van der Waals surface area (Å²) in [6.07, 6.45) is 3.38. The zero-order valence-electron chi connectivity index (χ0n) is 12.8. The fourth-order valence-electron chi connectivity index (χ4n) is 2.48. The molecule has 0 saturated carbocycles. The Hall–Kier alpha value is -1.12. The lowest BCUT2D eigenvalue weighted by molar-refractivity contribution is 0.533. The van der Waals surface area contributed by atoms with Crippen LogP contribution in [-0.2, 0) is 12.8 Å². The molecule has 2 rings (SSSR count). The minimum absolute atomic E-state index is 0.451. The fourth-order valence-corrected chi connectivity index (χ4v) is 3.55. The van der Waals surface area contributed by atoms with Crippen LogP contribution in [-0.4, -0.2) is 6.54 Å². The maximum Gasteiger partial charge on any atom is 0.0458 e. The molecule has 1 heterocycles. The van der Waals surface area contributed by atoms with Crippen molar-refractivity contribution in [2.24, 2.45) is 0 Å². The van der Waals surface area contributed by atoms with Crippen molar-refractivity contribution in [1.82, 2.24) is 5.32 Å². The lowest BCUT2D eigenvalue weighted by atomic mass is 10.0. The molecule has 0 saturated heterocycles. The molecule has 108 valence electrons. The Bertz CT molecular complexity index is 512. The minimum atomic E-state index is 0.451. The first kappa shape index (κ1) is 15.3. The molecule has 2 aromatic rings. The Labute approximate surface area is 127 Å². The Balaban J connectivity index is 2.17. The van der Waals surface area contributed by atoms with Crippen LogP contribution in [0.1, 0.15) is 47.9 Å². The van der Waals surface area contributed by atoms with E-state index in [0.29, 0.717) is 6.04 Å². The summed E-state index contributed by atoms with van der Waals surface area (Å²) in [6, 6.07) is 11.7. The van der Waals surface area contributed by atoms with Crippen LogP contribution >= 0.6 is 11.3 Å². The number of hydrogen-bond donors (Lipinski definition) is 1. The van der Waals surface area contributed by atoms with Gasteiger partial charge in [0.1, 0.15) is 0 Å². The Morgan fingerprint density at radius 2 is 1.85 bits per heavy atom. The first-order chi connectivity index (χ1) is 9.74. The van der Waals surface area contributed by atoms with E-state index < -0.39 is 0 Å². The maximum atomic E-state index is 3.72. The van der Waals surface area contributed by atoms with Gasteiger partial charge in [-0.25, -0.2) is 0 Å². The summed E-state index contributed by atoms with van der Waals surface area (Å²) < 4.78 is 0. The normalized spacial score (nSPS) is 12.6. The van der Waals surface area contributed by atoms with Gasteiger partial charge in [0.15, 0.2) is 0 Å². The Morgan fingerprint density at radius 3 is 2.50 bits per heavy atom. The molecule has 0 fully saturated rings. The quantitative estimate of drug-likeness (QED) is 0.763. The van der Waals surface area contributed by atoms with E-state index in [0.717, 1.165) is 19.4 Å². The zero-order chi connectivity index (χ0) is 14.4. The number of rotatable bonds is 7. The average Bonchev–Trinajstić information content (AvgIpc) is 2.94. The third-order valence-electron chi connectivity index (χ3n) is 3.68. The van der Waals surface area contributed by atoms with Gasteiger partial charge in [-0.1, -0.05) is 43.7 Å². The van der Waals surface area contributed by atoms with Gasteiger partial charge in [0.2, 0.25) is 0 Å². The molecular formula is C18H25NS. The molecule has 2 heteroatoms. The highest BCUT2D eigenvalue weighted by Gasteiger charge is 2.16. The lowest BCUT2D eigenvalue weighted by Crippen LogP contribution is -2.24. The van der Waals surface area contributed by atoms with Crippen LogP contribution in [0.4, 0.5) is 0 Å². The molecule has 1 N–H and O–H groups in total. The minimum Gasteiger partial charge on any atom is -0.309 e. The predicted octanol–water partition coefficient (Wildman–Crippen LogP) is 4.90. The van der Waals surface area contributed by atoms with Crippen LogP contribution in [0, 0.1) is 6.92 Å². The first-order valence-electron chi connectivity index (χ1n) is 7.59. The van der Waals surface area contributed by atoms with Gasteiger partial charge in [0.05, 0.1) is 0 Å². The van der Waals surface area contributed by atoms with Crippen LogP contribution in [0.3, 0.4) is 0 Å². The fraction of sp³-hybridized carbons (Fsp3) is 0.444. The topological polar surface area (TPSA) is 12.0 Å². The van der Waals surface area contributed by atoms with E-state index in [4.69, 9.17) is 0 Å². The molecule has 0 bridgehead atoms. The van der Waals surface area contributed by atoms with Gasteiger partial charge in [0, 0.05) is 10.9 Å². The average molecular weight is 287 g/mol. The second kappa shape index (κ2) is 7.61. The van der Waals surface area contributed by atoms with Gasteiger partial charge in [-0.2, -0.15) is 0 Å². The van der Waals surface area contributed by atoms with Crippen molar-refractivity contribution < 1.29 is 0 Å². The van der Waals surface area contributed by atoms with Crippen LogP contribution in [0.5, 0.6) is 0 Å². The summed E-state index contributed by atoms with van der Waals surface area (Å²) >= 11 is 1.89. The SMILES string of the molecule is CCCNC(Cc1ccc(C)cc1)c1sccc1CC. The van der Waals surface area contributed by atoms with Crippen LogP contribution < -0.4 is 5.32 Å². The highest BCUT2D eigenvalue weighted by Crippen LogP contribution is 2.28. The lowest BCUT2D eigenvalue weighted by Gasteiger charge is -2.19. The molecule has 1 unspecified atom stereocenters. The summed E-state index contributed by atoms with van der Waals surface area (Å²) in [5, 5.41) is 5.95. The molecule has 1 nitrogen and oxygen atoms in total. The van der Waals surface area contributed by atoms with Gasteiger partial charge >= 0.3 is 0 Å². The zero-order valence-corrected chi connectivity index (χ0v) is 13.6. The molecule has 0 spiro atoms. The highest BCUT2D eigenvalue weighted by atomic mass is 32.1. The van der Waals surface area contributed by atoms with E-state index in [1.165, 1.54) is 28.0 Å². The highest BCUT2D eigenvalue weighted by molar-refractivity contribution is 7.10. The van der Waals surface area contributed by atoms with Gasteiger partial charge in [-0.05, 0) is 55.3 Å². The third kappa shape index (κ3) is 3.94. The van der Waals surface area contributed by atoms with Gasteiger partial charge in [-0.3, -0.25) is 0 Å². The van der Waals surface area contributed by atoms with Crippen LogP contribution in [0.2, 0.25) is 0 Å². The van der Waals surface area contributed by atoms with Crippen molar-refractivity contribution in [3.63, 3.8) is 0 Å². The van der Waals surface area contributed by atoms with Gasteiger partial charge in [-0.15, -0.1) is 11.3 Å². The largest absolute Gasteiger partial charge is 0.309 e. The number of thiophene rings is 1. The molecule has 0 radical (unpaired) electrons. The van der Waals surface area contributed by atoms with Crippen molar-refractivity contribution in [2.45, 2.75) is 46.1 Å². The standard InChI is InChI=1S/C18H25NS/c1-4-11-19-17(18-16(5-2)10-12-20-18)13-15-8-6-14(3)7-9-15/h6-10,12,17,19H,4-5,11,13H2,1-3H3. The summed E-state index contributed by atoms with van der Waals surface area (Å²) in [7, 11) is 0. The molecule has 0 aliphatic heterocycles. The second-order valence-electron chi connectivity index (χ2n) is 5.36.